The minimum absolute atomic E-state index is 0.153. The first-order chi connectivity index (χ1) is 7.05. The average molecular weight is 216 g/mol. The SMILES string of the molecule is CCCC(CC)(CCC)C(C)(OC)OC. The van der Waals surface area contributed by atoms with Crippen molar-refractivity contribution in [3.05, 3.63) is 0 Å². The van der Waals surface area contributed by atoms with E-state index in [1.807, 2.05) is 0 Å². The summed E-state index contributed by atoms with van der Waals surface area (Å²) >= 11 is 0. The summed E-state index contributed by atoms with van der Waals surface area (Å²) in [5.74, 6) is -0.451. The van der Waals surface area contributed by atoms with E-state index < -0.39 is 5.79 Å². The standard InChI is InChI=1S/C13H28O2/c1-7-10-13(9-3,11-8-2)12(4,14-5)15-6/h7-11H2,1-6H3. The lowest BCUT2D eigenvalue weighted by molar-refractivity contribution is -0.270. The average Bonchev–Trinajstić information content (AvgIpc) is 2.27. The first-order valence-electron chi connectivity index (χ1n) is 6.16. The van der Waals surface area contributed by atoms with Crippen molar-refractivity contribution in [2.24, 2.45) is 5.41 Å². The summed E-state index contributed by atoms with van der Waals surface area (Å²) in [6, 6.07) is 0. The molecule has 0 aliphatic heterocycles. The van der Waals surface area contributed by atoms with E-state index in [0.717, 1.165) is 19.3 Å². The predicted octanol–water partition coefficient (Wildman–Crippen LogP) is 3.99. The van der Waals surface area contributed by atoms with Gasteiger partial charge in [0.15, 0.2) is 5.79 Å². The van der Waals surface area contributed by atoms with Gasteiger partial charge in [-0.3, -0.25) is 0 Å². The Morgan fingerprint density at radius 3 is 1.47 bits per heavy atom. The normalized spacial score (nSPS) is 13.2. The zero-order valence-electron chi connectivity index (χ0n) is 11.4. The van der Waals surface area contributed by atoms with E-state index in [1.165, 1.54) is 12.8 Å². The molecule has 0 aromatic rings. The third kappa shape index (κ3) is 2.94. The predicted molar refractivity (Wildman–Crippen MR) is 65.0 cm³/mol. The first-order valence-corrected chi connectivity index (χ1v) is 6.16. The van der Waals surface area contributed by atoms with E-state index in [4.69, 9.17) is 9.47 Å². The van der Waals surface area contributed by atoms with Crippen LogP contribution in [0.4, 0.5) is 0 Å². The molecule has 0 saturated carbocycles. The van der Waals surface area contributed by atoms with E-state index in [1.54, 1.807) is 14.2 Å². The Bertz CT molecular complexity index is 156. The molecule has 92 valence electrons. The second kappa shape index (κ2) is 6.49. The smallest absolute Gasteiger partial charge is 0.170 e. The van der Waals surface area contributed by atoms with Crippen LogP contribution in [0.25, 0.3) is 0 Å². The number of methoxy groups -OCH3 is 2. The first kappa shape index (κ1) is 14.9. The van der Waals surface area contributed by atoms with Gasteiger partial charge in [-0.15, -0.1) is 0 Å². The van der Waals surface area contributed by atoms with Crippen molar-refractivity contribution in [3.63, 3.8) is 0 Å². The van der Waals surface area contributed by atoms with Gasteiger partial charge < -0.3 is 9.47 Å². The van der Waals surface area contributed by atoms with Crippen LogP contribution in [-0.2, 0) is 9.47 Å². The lowest BCUT2D eigenvalue weighted by Gasteiger charge is -2.46. The van der Waals surface area contributed by atoms with Crippen LogP contribution in [0.15, 0.2) is 0 Å². The van der Waals surface area contributed by atoms with Gasteiger partial charge >= 0.3 is 0 Å². The summed E-state index contributed by atoms with van der Waals surface area (Å²) in [4.78, 5) is 0. The minimum atomic E-state index is -0.451. The molecule has 15 heavy (non-hydrogen) atoms. The zero-order valence-corrected chi connectivity index (χ0v) is 11.4. The quantitative estimate of drug-likeness (QED) is 0.571. The monoisotopic (exact) mass is 216 g/mol. The van der Waals surface area contributed by atoms with Crippen LogP contribution in [0.2, 0.25) is 0 Å². The van der Waals surface area contributed by atoms with E-state index in [-0.39, 0.29) is 5.41 Å². The van der Waals surface area contributed by atoms with Crippen LogP contribution < -0.4 is 0 Å². The van der Waals surface area contributed by atoms with Gasteiger partial charge in [0.25, 0.3) is 0 Å². The zero-order chi connectivity index (χ0) is 11.9. The molecule has 0 aromatic carbocycles. The second-order valence-corrected chi connectivity index (χ2v) is 4.49. The van der Waals surface area contributed by atoms with Gasteiger partial charge in [0, 0.05) is 19.6 Å². The molecule has 0 heterocycles. The molecule has 0 rings (SSSR count). The Labute approximate surface area is 95.3 Å². The van der Waals surface area contributed by atoms with Gasteiger partial charge in [0.1, 0.15) is 0 Å². The van der Waals surface area contributed by atoms with Crippen molar-refractivity contribution in [3.8, 4) is 0 Å². The van der Waals surface area contributed by atoms with Crippen molar-refractivity contribution >= 4 is 0 Å². The van der Waals surface area contributed by atoms with E-state index in [9.17, 15) is 0 Å². The van der Waals surface area contributed by atoms with Crippen LogP contribution in [0, 0.1) is 5.41 Å². The summed E-state index contributed by atoms with van der Waals surface area (Å²) in [5, 5.41) is 0. The Morgan fingerprint density at radius 1 is 0.867 bits per heavy atom. The maximum Gasteiger partial charge on any atom is 0.170 e. The van der Waals surface area contributed by atoms with E-state index in [2.05, 4.69) is 27.7 Å². The summed E-state index contributed by atoms with van der Waals surface area (Å²) in [7, 11) is 3.50. The molecule has 0 aromatic heterocycles. The Morgan fingerprint density at radius 2 is 1.27 bits per heavy atom. The van der Waals surface area contributed by atoms with Gasteiger partial charge in [0.2, 0.25) is 0 Å². The van der Waals surface area contributed by atoms with Gasteiger partial charge in [-0.1, -0.05) is 33.6 Å². The summed E-state index contributed by atoms with van der Waals surface area (Å²) in [5.41, 5.74) is 0.153. The van der Waals surface area contributed by atoms with Crippen LogP contribution >= 0.6 is 0 Å². The number of rotatable bonds is 8. The molecule has 0 amide bonds. The molecule has 0 N–H and O–H groups in total. The molecule has 2 heteroatoms. The Kier molecular flexibility index (Phi) is 6.46. The Hall–Kier alpha value is -0.0800. The topological polar surface area (TPSA) is 18.5 Å². The lowest BCUT2D eigenvalue weighted by atomic mass is 9.70. The van der Waals surface area contributed by atoms with Crippen molar-refractivity contribution in [2.75, 3.05) is 14.2 Å². The molecular weight excluding hydrogens is 188 g/mol. The fourth-order valence-electron chi connectivity index (χ4n) is 2.73. The lowest BCUT2D eigenvalue weighted by Crippen LogP contribution is -2.48. The highest BCUT2D eigenvalue weighted by Crippen LogP contribution is 2.45. The fraction of sp³-hybridized carbons (Fsp3) is 1.00. The van der Waals surface area contributed by atoms with Gasteiger partial charge in [-0.2, -0.15) is 0 Å². The van der Waals surface area contributed by atoms with E-state index >= 15 is 0 Å². The third-order valence-corrected chi connectivity index (χ3v) is 3.88. The van der Waals surface area contributed by atoms with Gasteiger partial charge in [-0.25, -0.2) is 0 Å². The highest BCUT2D eigenvalue weighted by Gasteiger charge is 2.46. The summed E-state index contributed by atoms with van der Waals surface area (Å²) in [6.07, 6.45) is 5.78. The Balaban J connectivity index is 5.00. The van der Waals surface area contributed by atoms with Crippen LogP contribution in [-0.4, -0.2) is 20.0 Å². The van der Waals surface area contributed by atoms with E-state index in [0.29, 0.717) is 0 Å². The molecular formula is C13H28O2. The maximum atomic E-state index is 5.63. The molecule has 0 radical (unpaired) electrons. The highest BCUT2D eigenvalue weighted by molar-refractivity contribution is 4.89. The second-order valence-electron chi connectivity index (χ2n) is 4.49. The number of hydrogen-bond donors (Lipinski definition) is 0. The molecule has 0 bridgehead atoms. The van der Waals surface area contributed by atoms with Gasteiger partial charge in [-0.05, 0) is 26.2 Å². The van der Waals surface area contributed by atoms with Crippen molar-refractivity contribution in [1.29, 1.82) is 0 Å². The van der Waals surface area contributed by atoms with Crippen LogP contribution in [0.5, 0.6) is 0 Å². The molecule has 0 atom stereocenters. The molecule has 0 saturated heterocycles. The summed E-state index contributed by atoms with van der Waals surface area (Å²) in [6.45, 7) is 8.76. The largest absolute Gasteiger partial charge is 0.353 e. The number of hydrogen-bond acceptors (Lipinski definition) is 2. The molecule has 0 aliphatic carbocycles. The summed E-state index contributed by atoms with van der Waals surface area (Å²) < 4.78 is 11.3. The highest BCUT2D eigenvalue weighted by atomic mass is 16.7. The van der Waals surface area contributed by atoms with Gasteiger partial charge in [0.05, 0.1) is 0 Å². The third-order valence-electron chi connectivity index (χ3n) is 3.88. The van der Waals surface area contributed by atoms with Crippen molar-refractivity contribution < 1.29 is 9.47 Å². The molecule has 0 aliphatic rings. The van der Waals surface area contributed by atoms with Crippen molar-refractivity contribution in [1.82, 2.24) is 0 Å². The molecule has 0 unspecified atom stereocenters. The van der Waals surface area contributed by atoms with Crippen LogP contribution in [0.3, 0.4) is 0 Å². The maximum absolute atomic E-state index is 5.63. The molecule has 2 nitrogen and oxygen atoms in total. The fourth-order valence-corrected chi connectivity index (χ4v) is 2.73. The minimum Gasteiger partial charge on any atom is -0.353 e. The number of ether oxygens (including phenoxy) is 2. The van der Waals surface area contributed by atoms with Crippen LogP contribution in [0.1, 0.15) is 59.8 Å². The molecule has 0 spiro atoms. The molecule has 0 fully saturated rings. The van der Waals surface area contributed by atoms with Crippen molar-refractivity contribution in [2.45, 2.75) is 65.6 Å².